The predicted molar refractivity (Wildman–Crippen MR) is 105 cm³/mol. The normalized spacial score (nSPS) is 18.0. The molecule has 1 aliphatic rings. The molecule has 26 heavy (non-hydrogen) atoms. The quantitative estimate of drug-likeness (QED) is 0.788. The van der Waals surface area contributed by atoms with Gasteiger partial charge >= 0.3 is 0 Å². The Labute approximate surface area is 167 Å². The highest BCUT2D eigenvalue weighted by Crippen LogP contribution is 2.23. The first-order valence-electron chi connectivity index (χ1n) is 8.45. The van der Waals surface area contributed by atoms with E-state index in [4.69, 9.17) is 27.9 Å². The van der Waals surface area contributed by atoms with E-state index < -0.39 is 0 Å². The lowest BCUT2D eigenvalue weighted by molar-refractivity contribution is -0.121. The van der Waals surface area contributed by atoms with Gasteiger partial charge in [-0.1, -0.05) is 29.3 Å². The van der Waals surface area contributed by atoms with Crippen molar-refractivity contribution in [1.29, 1.82) is 0 Å². The van der Waals surface area contributed by atoms with E-state index in [1.165, 1.54) is 0 Å². The molecule has 140 valence electrons. The van der Waals surface area contributed by atoms with Gasteiger partial charge in [0, 0.05) is 31.6 Å². The van der Waals surface area contributed by atoms with Gasteiger partial charge in [-0.3, -0.25) is 9.69 Å². The van der Waals surface area contributed by atoms with Gasteiger partial charge in [0.05, 0.1) is 39.9 Å². The first-order valence-corrected chi connectivity index (χ1v) is 10.1. The number of hydrogen-bond donors (Lipinski definition) is 1. The van der Waals surface area contributed by atoms with Gasteiger partial charge in [-0.2, -0.15) is 0 Å². The van der Waals surface area contributed by atoms with Crippen LogP contribution in [0.15, 0.2) is 23.6 Å². The molecule has 0 unspecified atom stereocenters. The fraction of sp³-hybridized carbons (Fsp3) is 0.444. The molecule has 1 saturated heterocycles. The van der Waals surface area contributed by atoms with Gasteiger partial charge in [-0.25, -0.2) is 4.98 Å². The van der Waals surface area contributed by atoms with Gasteiger partial charge in [0.1, 0.15) is 0 Å². The average Bonchev–Trinajstić information content (AvgIpc) is 3.01. The van der Waals surface area contributed by atoms with E-state index in [9.17, 15) is 4.79 Å². The Morgan fingerprint density at radius 2 is 2.27 bits per heavy atom. The Hall–Kier alpha value is -1.18. The summed E-state index contributed by atoms with van der Waals surface area (Å²) in [4.78, 5) is 18.7. The molecule has 8 heteroatoms. The van der Waals surface area contributed by atoms with Crippen molar-refractivity contribution in [2.24, 2.45) is 0 Å². The summed E-state index contributed by atoms with van der Waals surface area (Å²) in [6.45, 7) is 5.47. The van der Waals surface area contributed by atoms with Crippen LogP contribution in [0.4, 0.5) is 0 Å². The highest BCUT2D eigenvalue weighted by atomic mass is 35.5. The van der Waals surface area contributed by atoms with Crippen molar-refractivity contribution >= 4 is 40.4 Å². The Morgan fingerprint density at radius 3 is 3.00 bits per heavy atom. The number of carbonyl (C=O) groups is 1. The summed E-state index contributed by atoms with van der Waals surface area (Å²) in [5, 5.41) is 6.97. The van der Waals surface area contributed by atoms with Crippen LogP contribution in [0.5, 0.6) is 0 Å². The third-order valence-electron chi connectivity index (χ3n) is 4.15. The summed E-state index contributed by atoms with van der Waals surface area (Å²) >= 11 is 13.6. The van der Waals surface area contributed by atoms with E-state index in [0.29, 0.717) is 29.6 Å². The van der Waals surface area contributed by atoms with Crippen LogP contribution in [0, 0.1) is 6.92 Å². The van der Waals surface area contributed by atoms with Crippen LogP contribution >= 0.6 is 34.5 Å². The summed E-state index contributed by atoms with van der Waals surface area (Å²) in [6.07, 6.45) is 0.289. The van der Waals surface area contributed by atoms with Crippen LogP contribution in [0.25, 0.3) is 0 Å². The number of amides is 1. The van der Waals surface area contributed by atoms with Crippen molar-refractivity contribution in [3.8, 4) is 0 Å². The molecule has 1 aromatic heterocycles. The molecule has 0 saturated carbocycles. The maximum Gasteiger partial charge on any atom is 0.226 e. The third-order valence-corrected chi connectivity index (χ3v) is 5.71. The predicted octanol–water partition coefficient (Wildman–Crippen LogP) is 3.32. The number of aryl methyl sites for hydroxylation is 1. The van der Waals surface area contributed by atoms with Crippen molar-refractivity contribution in [2.45, 2.75) is 26.0 Å². The molecule has 0 spiro atoms. The molecule has 1 amide bonds. The lowest BCUT2D eigenvalue weighted by Crippen LogP contribution is -2.47. The summed E-state index contributed by atoms with van der Waals surface area (Å²) < 4.78 is 5.78. The molecule has 1 aromatic carbocycles. The maximum atomic E-state index is 12.1. The molecule has 2 heterocycles. The summed E-state index contributed by atoms with van der Waals surface area (Å²) in [5.41, 5.74) is 1.93. The van der Waals surface area contributed by atoms with E-state index in [0.717, 1.165) is 35.9 Å². The van der Waals surface area contributed by atoms with E-state index >= 15 is 0 Å². The third kappa shape index (κ3) is 5.66. The van der Waals surface area contributed by atoms with Gasteiger partial charge < -0.3 is 10.1 Å². The number of aromatic nitrogens is 1. The molecule has 0 aliphatic carbocycles. The molecule has 5 nitrogen and oxygen atoms in total. The summed E-state index contributed by atoms with van der Waals surface area (Å²) in [7, 11) is 0. The van der Waals surface area contributed by atoms with E-state index in [2.05, 4.69) is 15.2 Å². The highest BCUT2D eigenvalue weighted by molar-refractivity contribution is 7.09. The van der Waals surface area contributed by atoms with Crippen molar-refractivity contribution in [2.75, 3.05) is 26.2 Å². The number of hydrogen-bond acceptors (Lipinski definition) is 5. The average molecular weight is 414 g/mol. The number of carbonyl (C=O) groups excluding carboxylic acids is 1. The minimum atomic E-state index is -0.0273. The standard InChI is InChI=1S/C18H21Cl2N3O2S/c1-12-22-14(11-26-12)7-18(24)21-8-15-10-23(4-5-25-15)9-13-2-3-16(19)17(20)6-13/h2-3,6,11,15H,4-5,7-10H2,1H3,(H,21,24)/t15-/m0/s1. The van der Waals surface area contributed by atoms with Gasteiger partial charge in [-0.05, 0) is 24.6 Å². The Bertz CT molecular complexity index is 769. The van der Waals surface area contributed by atoms with Crippen LogP contribution in [0.3, 0.4) is 0 Å². The largest absolute Gasteiger partial charge is 0.374 e. The number of halogens is 2. The molecular formula is C18H21Cl2N3O2S. The van der Waals surface area contributed by atoms with E-state index in [1.807, 2.05) is 30.5 Å². The summed E-state index contributed by atoms with van der Waals surface area (Å²) in [5.74, 6) is -0.0273. The SMILES string of the molecule is Cc1nc(CC(=O)NC[C@H]2CN(Cc3ccc(Cl)c(Cl)c3)CCO2)cs1. The molecule has 1 atom stereocenters. The number of ether oxygens (including phenoxy) is 1. The fourth-order valence-electron chi connectivity index (χ4n) is 2.89. The van der Waals surface area contributed by atoms with Crippen molar-refractivity contribution in [1.82, 2.24) is 15.2 Å². The van der Waals surface area contributed by atoms with E-state index in [-0.39, 0.29) is 12.0 Å². The first-order chi connectivity index (χ1) is 12.5. The Kier molecular flexibility index (Phi) is 6.89. The zero-order chi connectivity index (χ0) is 18.5. The molecule has 0 radical (unpaired) electrons. The Morgan fingerprint density at radius 1 is 1.42 bits per heavy atom. The second kappa shape index (κ2) is 9.15. The van der Waals surface area contributed by atoms with Crippen LogP contribution in [-0.2, 0) is 22.5 Å². The highest BCUT2D eigenvalue weighted by Gasteiger charge is 2.21. The van der Waals surface area contributed by atoms with Crippen molar-refractivity contribution in [3.63, 3.8) is 0 Å². The van der Waals surface area contributed by atoms with Crippen LogP contribution < -0.4 is 5.32 Å². The number of morpholine rings is 1. The number of nitrogens with zero attached hydrogens (tertiary/aromatic N) is 2. The lowest BCUT2D eigenvalue weighted by Gasteiger charge is -2.33. The lowest BCUT2D eigenvalue weighted by atomic mass is 10.2. The minimum absolute atomic E-state index is 0.0207. The fourth-order valence-corrected chi connectivity index (χ4v) is 3.82. The van der Waals surface area contributed by atoms with Gasteiger partial charge in [0.25, 0.3) is 0 Å². The molecule has 0 bridgehead atoms. The van der Waals surface area contributed by atoms with Crippen LogP contribution in [-0.4, -0.2) is 48.1 Å². The zero-order valence-electron chi connectivity index (χ0n) is 14.5. The maximum absolute atomic E-state index is 12.1. The number of thiazole rings is 1. The van der Waals surface area contributed by atoms with Crippen molar-refractivity contribution < 1.29 is 9.53 Å². The van der Waals surface area contributed by atoms with Crippen molar-refractivity contribution in [3.05, 3.63) is 49.9 Å². The van der Waals surface area contributed by atoms with Crippen LogP contribution in [0.2, 0.25) is 10.0 Å². The number of rotatable bonds is 6. The minimum Gasteiger partial charge on any atom is -0.374 e. The van der Waals surface area contributed by atoms with Gasteiger partial charge in [0.15, 0.2) is 0 Å². The van der Waals surface area contributed by atoms with Crippen LogP contribution in [0.1, 0.15) is 16.3 Å². The molecule has 1 aliphatic heterocycles. The smallest absolute Gasteiger partial charge is 0.226 e. The molecule has 1 fully saturated rings. The van der Waals surface area contributed by atoms with E-state index in [1.54, 1.807) is 11.3 Å². The Balaban J connectivity index is 1.45. The molecule has 2 aromatic rings. The number of benzene rings is 1. The summed E-state index contributed by atoms with van der Waals surface area (Å²) in [6, 6.07) is 5.69. The first kappa shape index (κ1) is 19.6. The molecule has 1 N–H and O–H groups in total. The topological polar surface area (TPSA) is 54.5 Å². The second-order valence-corrected chi connectivity index (χ2v) is 8.19. The monoisotopic (exact) mass is 413 g/mol. The van der Waals surface area contributed by atoms with Gasteiger partial charge in [-0.15, -0.1) is 11.3 Å². The second-order valence-electron chi connectivity index (χ2n) is 6.32. The van der Waals surface area contributed by atoms with Gasteiger partial charge in [0.2, 0.25) is 5.91 Å². The number of nitrogens with one attached hydrogen (secondary N) is 1. The molecule has 3 rings (SSSR count). The zero-order valence-corrected chi connectivity index (χ0v) is 16.8. The molecular weight excluding hydrogens is 393 g/mol.